The van der Waals surface area contributed by atoms with Crippen molar-refractivity contribution in [3.63, 3.8) is 0 Å². The van der Waals surface area contributed by atoms with Crippen molar-refractivity contribution < 1.29 is 14.7 Å². The molecular weight excluding hydrogens is 282 g/mol. The SMILES string of the molecule is Cl.O=C(O)CCN1CCN(C(=O)N2CCCCC2)CC1. The maximum Gasteiger partial charge on any atom is 0.320 e. The van der Waals surface area contributed by atoms with Gasteiger partial charge in [0, 0.05) is 45.8 Å². The quantitative estimate of drug-likeness (QED) is 0.848. The molecule has 1 N–H and O–H groups in total. The lowest BCUT2D eigenvalue weighted by Gasteiger charge is -2.38. The van der Waals surface area contributed by atoms with Crippen molar-refractivity contribution in [2.75, 3.05) is 45.8 Å². The number of piperidine rings is 1. The van der Waals surface area contributed by atoms with Crippen molar-refractivity contribution in [2.45, 2.75) is 25.7 Å². The number of hydrogen-bond donors (Lipinski definition) is 1. The average Bonchev–Trinajstić information content (AvgIpc) is 2.46. The zero-order valence-corrected chi connectivity index (χ0v) is 12.6. The van der Waals surface area contributed by atoms with Crippen LogP contribution in [0.5, 0.6) is 0 Å². The van der Waals surface area contributed by atoms with Crippen molar-refractivity contribution in [3.05, 3.63) is 0 Å². The van der Waals surface area contributed by atoms with E-state index in [-0.39, 0.29) is 24.9 Å². The topological polar surface area (TPSA) is 64.1 Å². The summed E-state index contributed by atoms with van der Waals surface area (Å²) in [5.74, 6) is -0.758. The summed E-state index contributed by atoms with van der Waals surface area (Å²) in [6.07, 6.45) is 3.64. The third-order valence-electron chi connectivity index (χ3n) is 3.91. The van der Waals surface area contributed by atoms with E-state index in [1.165, 1.54) is 6.42 Å². The number of carbonyl (C=O) groups is 2. The lowest BCUT2D eigenvalue weighted by atomic mass is 10.1. The zero-order chi connectivity index (χ0) is 13.7. The van der Waals surface area contributed by atoms with Gasteiger partial charge in [0.15, 0.2) is 0 Å². The Morgan fingerprint density at radius 3 is 1.95 bits per heavy atom. The number of hydrogen-bond acceptors (Lipinski definition) is 3. The van der Waals surface area contributed by atoms with Gasteiger partial charge in [-0.15, -0.1) is 12.4 Å². The first-order chi connectivity index (χ1) is 9.16. The summed E-state index contributed by atoms with van der Waals surface area (Å²) in [4.78, 5) is 28.8. The van der Waals surface area contributed by atoms with Crippen LogP contribution in [0.2, 0.25) is 0 Å². The predicted octanol–water partition coefficient (Wildman–Crippen LogP) is 1.11. The molecule has 6 nitrogen and oxygen atoms in total. The second kappa shape index (κ2) is 8.32. The molecule has 0 bridgehead atoms. The van der Waals surface area contributed by atoms with Crippen molar-refractivity contribution in [1.29, 1.82) is 0 Å². The van der Waals surface area contributed by atoms with E-state index < -0.39 is 5.97 Å². The number of halogens is 1. The zero-order valence-electron chi connectivity index (χ0n) is 11.8. The number of piperazine rings is 1. The molecule has 0 spiro atoms. The minimum atomic E-state index is -0.758. The highest BCUT2D eigenvalue weighted by molar-refractivity contribution is 5.85. The van der Waals surface area contributed by atoms with Gasteiger partial charge in [-0.3, -0.25) is 9.69 Å². The molecule has 2 amide bonds. The molecule has 0 aromatic heterocycles. The standard InChI is InChI=1S/C13H23N3O3.ClH/c17-12(18)4-7-14-8-10-16(11-9-14)13(19)15-5-2-1-3-6-15;/h1-11H2,(H,17,18);1H. The van der Waals surface area contributed by atoms with Gasteiger partial charge >= 0.3 is 12.0 Å². The fourth-order valence-corrected chi connectivity index (χ4v) is 2.70. The normalized spacial score (nSPS) is 20.4. The Bertz CT molecular complexity index is 327. The van der Waals surface area contributed by atoms with Crippen LogP contribution in [0.25, 0.3) is 0 Å². The summed E-state index contributed by atoms with van der Waals surface area (Å²) >= 11 is 0. The molecule has 2 rings (SSSR count). The lowest BCUT2D eigenvalue weighted by Crippen LogP contribution is -2.53. The second-order valence-electron chi connectivity index (χ2n) is 5.30. The molecule has 0 aliphatic carbocycles. The van der Waals surface area contributed by atoms with Gasteiger partial charge in [0.05, 0.1) is 6.42 Å². The molecule has 0 aromatic carbocycles. The molecular formula is C13H24ClN3O3. The Kier molecular flexibility index (Phi) is 7.09. The Labute approximate surface area is 126 Å². The molecule has 2 aliphatic heterocycles. The van der Waals surface area contributed by atoms with Gasteiger partial charge in [0.1, 0.15) is 0 Å². The number of urea groups is 1. The molecule has 2 aliphatic rings. The van der Waals surface area contributed by atoms with E-state index in [9.17, 15) is 9.59 Å². The van der Waals surface area contributed by atoms with Crippen molar-refractivity contribution in [3.8, 4) is 0 Å². The number of likely N-dealkylation sites (tertiary alicyclic amines) is 1. The maximum absolute atomic E-state index is 12.3. The summed E-state index contributed by atoms with van der Waals surface area (Å²) < 4.78 is 0. The molecule has 2 saturated heterocycles. The van der Waals surface area contributed by atoms with E-state index >= 15 is 0 Å². The van der Waals surface area contributed by atoms with Crippen LogP contribution in [-0.2, 0) is 4.79 Å². The monoisotopic (exact) mass is 305 g/mol. The van der Waals surface area contributed by atoms with E-state index in [1.807, 2.05) is 9.80 Å². The minimum Gasteiger partial charge on any atom is -0.481 e. The highest BCUT2D eigenvalue weighted by Crippen LogP contribution is 2.13. The van der Waals surface area contributed by atoms with Crippen LogP contribution in [0.1, 0.15) is 25.7 Å². The molecule has 0 atom stereocenters. The number of nitrogens with zero attached hydrogens (tertiary/aromatic N) is 3. The van der Waals surface area contributed by atoms with Gasteiger partial charge < -0.3 is 14.9 Å². The van der Waals surface area contributed by atoms with Crippen LogP contribution in [0.4, 0.5) is 4.79 Å². The summed E-state index contributed by atoms with van der Waals surface area (Å²) in [6, 6.07) is 0.164. The average molecular weight is 306 g/mol. The predicted molar refractivity (Wildman–Crippen MR) is 78.3 cm³/mol. The van der Waals surface area contributed by atoms with Crippen molar-refractivity contribution >= 4 is 24.4 Å². The highest BCUT2D eigenvalue weighted by Gasteiger charge is 2.25. The van der Waals surface area contributed by atoms with E-state index in [0.29, 0.717) is 6.54 Å². The molecule has 0 aromatic rings. The van der Waals surface area contributed by atoms with Crippen LogP contribution in [-0.4, -0.2) is 77.6 Å². The number of aliphatic carboxylic acids is 1. The number of carboxylic acid groups (broad SMARTS) is 1. The molecule has 2 heterocycles. The van der Waals surface area contributed by atoms with Gasteiger partial charge in [-0.2, -0.15) is 0 Å². The van der Waals surface area contributed by atoms with Gasteiger partial charge in [-0.1, -0.05) is 0 Å². The summed E-state index contributed by atoms with van der Waals surface area (Å²) in [7, 11) is 0. The molecule has 20 heavy (non-hydrogen) atoms. The molecule has 0 saturated carbocycles. The number of rotatable bonds is 3. The van der Waals surface area contributed by atoms with Crippen molar-refractivity contribution in [1.82, 2.24) is 14.7 Å². The fourth-order valence-electron chi connectivity index (χ4n) is 2.70. The van der Waals surface area contributed by atoms with E-state index in [2.05, 4.69) is 4.90 Å². The third kappa shape index (κ3) is 4.83. The largest absolute Gasteiger partial charge is 0.481 e. The summed E-state index contributed by atoms with van der Waals surface area (Å²) in [5, 5.41) is 8.66. The molecule has 2 fully saturated rings. The van der Waals surface area contributed by atoms with E-state index in [1.54, 1.807) is 0 Å². The summed E-state index contributed by atoms with van der Waals surface area (Å²) in [6.45, 7) is 5.36. The van der Waals surface area contributed by atoms with E-state index in [4.69, 9.17) is 5.11 Å². The van der Waals surface area contributed by atoms with Crippen LogP contribution < -0.4 is 0 Å². The third-order valence-corrected chi connectivity index (χ3v) is 3.91. The lowest BCUT2D eigenvalue weighted by molar-refractivity contribution is -0.137. The maximum atomic E-state index is 12.3. The van der Waals surface area contributed by atoms with Gasteiger partial charge in [0.25, 0.3) is 0 Å². The van der Waals surface area contributed by atoms with Gasteiger partial charge in [0.2, 0.25) is 0 Å². The van der Waals surface area contributed by atoms with Gasteiger partial charge in [-0.25, -0.2) is 4.79 Å². The molecule has 116 valence electrons. The first-order valence-corrected chi connectivity index (χ1v) is 7.15. The van der Waals surface area contributed by atoms with Crippen LogP contribution in [0.15, 0.2) is 0 Å². The van der Waals surface area contributed by atoms with Crippen LogP contribution in [0.3, 0.4) is 0 Å². The molecule has 7 heteroatoms. The smallest absolute Gasteiger partial charge is 0.320 e. The Morgan fingerprint density at radius 1 is 0.850 bits per heavy atom. The van der Waals surface area contributed by atoms with Gasteiger partial charge in [-0.05, 0) is 19.3 Å². The van der Waals surface area contributed by atoms with Crippen molar-refractivity contribution in [2.24, 2.45) is 0 Å². The Hall–Kier alpha value is -1.01. The Balaban J connectivity index is 0.00000200. The first kappa shape index (κ1) is 17.0. The first-order valence-electron chi connectivity index (χ1n) is 7.15. The molecule has 0 unspecified atom stereocenters. The van der Waals surface area contributed by atoms with Crippen LogP contribution in [0, 0.1) is 0 Å². The minimum absolute atomic E-state index is 0. The second-order valence-corrected chi connectivity index (χ2v) is 5.30. The highest BCUT2D eigenvalue weighted by atomic mass is 35.5. The van der Waals surface area contributed by atoms with E-state index in [0.717, 1.165) is 52.1 Å². The number of carboxylic acids is 1. The Morgan fingerprint density at radius 2 is 1.40 bits per heavy atom. The molecule has 0 radical (unpaired) electrons. The fraction of sp³-hybridized carbons (Fsp3) is 0.846. The number of amides is 2. The summed E-state index contributed by atoms with van der Waals surface area (Å²) in [5.41, 5.74) is 0. The van der Waals surface area contributed by atoms with Crippen LogP contribution >= 0.6 is 12.4 Å². The number of carbonyl (C=O) groups excluding carboxylic acids is 1.